The average molecular weight is 546 g/mol. The third kappa shape index (κ3) is 5.45. The Kier molecular flexibility index (Phi) is 8.19. The Hall–Kier alpha value is -3.29. The predicted molar refractivity (Wildman–Crippen MR) is 144 cm³/mol. The van der Waals surface area contributed by atoms with Gasteiger partial charge >= 0.3 is 0 Å². The lowest BCUT2D eigenvalue weighted by atomic mass is 10.1. The van der Waals surface area contributed by atoms with Crippen LogP contribution in [0.5, 0.6) is 5.75 Å². The molecule has 12 nitrogen and oxygen atoms in total. The normalized spacial score (nSPS) is 14.9. The summed E-state index contributed by atoms with van der Waals surface area (Å²) in [6, 6.07) is 4.57. The summed E-state index contributed by atoms with van der Waals surface area (Å²) in [4.78, 5) is 36.4. The number of nitrogens with one attached hydrogen (secondary N) is 1. The Bertz CT molecular complexity index is 1490. The lowest BCUT2D eigenvalue weighted by Crippen LogP contribution is -2.52. The largest absolute Gasteiger partial charge is 0.493 e. The van der Waals surface area contributed by atoms with Gasteiger partial charge in [0.25, 0.3) is 5.56 Å². The van der Waals surface area contributed by atoms with Crippen LogP contribution < -0.4 is 10.3 Å². The Morgan fingerprint density at radius 3 is 2.50 bits per heavy atom. The van der Waals surface area contributed by atoms with Crippen LogP contribution in [0.4, 0.5) is 0 Å². The molecule has 0 radical (unpaired) electrons. The number of rotatable bonds is 9. The average Bonchev–Trinajstić information content (AvgIpc) is 3.19. The van der Waals surface area contributed by atoms with E-state index in [2.05, 4.69) is 10.1 Å². The lowest BCUT2D eigenvalue weighted by molar-refractivity contribution is -0.133. The van der Waals surface area contributed by atoms with Crippen LogP contribution in [0.2, 0.25) is 0 Å². The number of aromatic amines is 1. The minimum Gasteiger partial charge on any atom is -0.493 e. The summed E-state index contributed by atoms with van der Waals surface area (Å²) in [5.41, 5.74) is 1.57. The monoisotopic (exact) mass is 545 g/mol. The predicted octanol–water partition coefficient (Wildman–Crippen LogP) is 1.07. The van der Waals surface area contributed by atoms with Gasteiger partial charge in [-0.1, -0.05) is 13.3 Å². The summed E-state index contributed by atoms with van der Waals surface area (Å²) in [6.07, 6.45) is 1.49. The van der Waals surface area contributed by atoms with Crippen molar-refractivity contribution in [2.24, 2.45) is 7.05 Å². The lowest BCUT2D eigenvalue weighted by Gasteiger charge is -2.34. The van der Waals surface area contributed by atoms with Crippen molar-refractivity contribution in [1.29, 1.82) is 0 Å². The van der Waals surface area contributed by atoms with Crippen LogP contribution in [0.15, 0.2) is 27.9 Å². The third-order valence-corrected chi connectivity index (χ3v) is 8.33. The van der Waals surface area contributed by atoms with E-state index in [0.717, 1.165) is 6.42 Å². The first-order chi connectivity index (χ1) is 18.1. The minimum atomic E-state index is -3.87. The smallest absolute Gasteiger partial charge is 0.277 e. The molecule has 3 aromatic rings. The van der Waals surface area contributed by atoms with Gasteiger partial charge < -0.3 is 19.5 Å². The van der Waals surface area contributed by atoms with E-state index in [1.165, 1.54) is 21.1 Å². The van der Waals surface area contributed by atoms with Crippen molar-refractivity contribution in [1.82, 2.24) is 33.9 Å². The summed E-state index contributed by atoms with van der Waals surface area (Å²) < 4.78 is 35.8. The summed E-state index contributed by atoms with van der Waals surface area (Å²) in [5.74, 6) is 0.597. The quantitative estimate of drug-likeness (QED) is 0.422. The number of piperazine rings is 1. The van der Waals surface area contributed by atoms with Crippen molar-refractivity contribution in [3.05, 3.63) is 34.2 Å². The minimum absolute atomic E-state index is 0.0290. The zero-order valence-electron chi connectivity index (χ0n) is 22.5. The number of amides is 1. The molecule has 4 rings (SSSR count). The molecular formula is C25H35N7O5S. The molecule has 2 aromatic heterocycles. The van der Waals surface area contributed by atoms with Gasteiger partial charge in [-0.2, -0.15) is 9.40 Å². The maximum absolute atomic E-state index is 13.6. The maximum atomic E-state index is 13.6. The van der Waals surface area contributed by atoms with Gasteiger partial charge in [0.05, 0.1) is 29.3 Å². The standard InChI is InChI=1S/C25H35N7O5S/c1-6-8-19-22-23(30(5)28-19)25(34)27-24(26-22)18-15-17(9-10-20(18)37-7-2)38(35,36)32-13-11-31(12-14-32)21(33)16-29(3)4/h9-10,15H,6-8,11-14,16H2,1-5H3,(H,26,27,34). The molecule has 0 aliphatic carbocycles. The molecule has 206 valence electrons. The summed E-state index contributed by atoms with van der Waals surface area (Å²) >= 11 is 0. The molecule has 1 aromatic carbocycles. The number of hydrogen-bond donors (Lipinski definition) is 1. The van der Waals surface area contributed by atoms with Crippen LogP contribution in [0, 0.1) is 0 Å². The number of benzene rings is 1. The Morgan fingerprint density at radius 1 is 1.16 bits per heavy atom. The molecule has 1 aliphatic rings. The van der Waals surface area contributed by atoms with Gasteiger partial charge in [-0.3, -0.25) is 14.3 Å². The molecule has 13 heteroatoms. The molecule has 0 unspecified atom stereocenters. The van der Waals surface area contributed by atoms with Gasteiger partial charge in [0.1, 0.15) is 17.1 Å². The molecule has 38 heavy (non-hydrogen) atoms. The van der Waals surface area contributed by atoms with Crippen molar-refractivity contribution in [3.8, 4) is 17.1 Å². The second-order valence-electron chi connectivity index (χ2n) is 9.55. The van der Waals surface area contributed by atoms with E-state index in [0.29, 0.717) is 54.2 Å². The zero-order valence-corrected chi connectivity index (χ0v) is 23.3. The Morgan fingerprint density at radius 2 is 1.87 bits per heavy atom. The van der Waals surface area contributed by atoms with Gasteiger partial charge in [-0.15, -0.1) is 0 Å². The van der Waals surface area contributed by atoms with E-state index in [4.69, 9.17) is 9.72 Å². The van der Waals surface area contributed by atoms with E-state index < -0.39 is 10.0 Å². The summed E-state index contributed by atoms with van der Waals surface area (Å²) in [6.45, 7) is 5.51. The first-order valence-corrected chi connectivity index (χ1v) is 14.2. The van der Waals surface area contributed by atoms with Crippen molar-refractivity contribution >= 4 is 27.0 Å². The van der Waals surface area contributed by atoms with E-state index in [9.17, 15) is 18.0 Å². The van der Waals surface area contributed by atoms with Gasteiger partial charge in [-0.25, -0.2) is 13.4 Å². The third-order valence-electron chi connectivity index (χ3n) is 6.44. The molecule has 1 fully saturated rings. The SMILES string of the molecule is CCCc1nn(C)c2c(=O)[nH]c(-c3cc(S(=O)(=O)N4CCN(C(=O)CN(C)C)CC4)ccc3OCC)nc12. The topological polar surface area (TPSA) is 134 Å². The Labute approximate surface area is 222 Å². The van der Waals surface area contributed by atoms with Gasteiger partial charge in [0.2, 0.25) is 15.9 Å². The van der Waals surface area contributed by atoms with Crippen molar-refractivity contribution < 1.29 is 17.9 Å². The number of fused-ring (bicyclic) bond motifs is 1. The zero-order chi connectivity index (χ0) is 27.6. The van der Waals surface area contributed by atoms with Gasteiger partial charge in [0, 0.05) is 33.2 Å². The van der Waals surface area contributed by atoms with Crippen LogP contribution in [0.25, 0.3) is 22.4 Å². The van der Waals surface area contributed by atoms with E-state index in [-0.39, 0.29) is 41.8 Å². The molecule has 0 bridgehead atoms. The number of carbonyl (C=O) groups is 1. The molecule has 0 atom stereocenters. The summed E-state index contributed by atoms with van der Waals surface area (Å²) in [5, 5.41) is 4.46. The van der Waals surface area contributed by atoms with Crippen LogP contribution in [-0.2, 0) is 28.3 Å². The van der Waals surface area contributed by atoms with Crippen LogP contribution in [0.3, 0.4) is 0 Å². The fourth-order valence-electron chi connectivity index (χ4n) is 4.61. The highest BCUT2D eigenvalue weighted by Gasteiger charge is 2.31. The molecule has 0 spiro atoms. The van der Waals surface area contributed by atoms with E-state index in [1.54, 1.807) is 22.9 Å². The molecule has 1 saturated heterocycles. The van der Waals surface area contributed by atoms with Crippen LogP contribution in [-0.4, -0.2) is 102 Å². The molecule has 1 N–H and O–H groups in total. The van der Waals surface area contributed by atoms with Gasteiger partial charge in [-0.05, 0) is 45.6 Å². The first kappa shape index (κ1) is 27.7. The summed E-state index contributed by atoms with van der Waals surface area (Å²) in [7, 11) is 1.47. The fourth-order valence-corrected chi connectivity index (χ4v) is 6.06. The molecule has 1 aliphatic heterocycles. The number of sulfonamides is 1. The number of ether oxygens (including phenoxy) is 1. The van der Waals surface area contributed by atoms with E-state index in [1.807, 2.05) is 27.9 Å². The van der Waals surface area contributed by atoms with E-state index >= 15 is 0 Å². The second kappa shape index (κ2) is 11.2. The molecule has 1 amide bonds. The second-order valence-corrected chi connectivity index (χ2v) is 11.5. The highest BCUT2D eigenvalue weighted by Crippen LogP contribution is 2.32. The number of hydrogen-bond acceptors (Lipinski definition) is 8. The highest BCUT2D eigenvalue weighted by atomic mass is 32.2. The van der Waals surface area contributed by atoms with Crippen molar-refractivity contribution in [2.45, 2.75) is 31.6 Å². The molecular weight excluding hydrogens is 510 g/mol. The van der Waals surface area contributed by atoms with Crippen LogP contribution in [0.1, 0.15) is 26.0 Å². The van der Waals surface area contributed by atoms with Gasteiger partial charge in [0.15, 0.2) is 5.52 Å². The van der Waals surface area contributed by atoms with Crippen LogP contribution >= 0.6 is 0 Å². The van der Waals surface area contributed by atoms with Crippen molar-refractivity contribution in [2.75, 3.05) is 53.4 Å². The highest BCUT2D eigenvalue weighted by molar-refractivity contribution is 7.89. The number of aromatic nitrogens is 4. The first-order valence-electron chi connectivity index (χ1n) is 12.7. The Balaban J connectivity index is 1.70. The fraction of sp³-hybridized carbons (Fsp3) is 0.520. The molecule has 0 saturated carbocycles. The number of carbonyl (C=O) groups excluding carboxylic acids is 1. The molecule has 3 heterocycles. The van der Waals surface area contributed by atoms with Crippen molar-refractivity contribution in [3.63, 3.8) is 0 Å². The number of likely N-dealkylation sites (N-methyl/N-ethyl adjacent to an activating group) is 1. The maximum Gasteiger partial charge on any atom is 0.277 e. The number of H-pyrrole nitrogens is 1. The number of nitrogens with zero attached hydrogens (tertiary/aromatic N) is 6. The number of aryl methyl sites for hydroxylation is 2.